The molecule has 0 aliphatic heterocycles. The van der Waals surface area contributed by atoms with E-state index < -0.39 is 0 Å². The van der Waals surface area contributed by atoms with E-state index in [0.29, 0.717) is 0 Å². The molecule has 1 nitrogen and oxygen atoms in total. The Morgan fingerprint density at radius 2 is 2.13 bits per heavy atom. The summed E-state index contributed by atoms with van der Waals surface area (Å²) in [4.78, 5) is 0. The van der Waals surface area contributed by atoms with Crippen LogP contribution in [0.2, 0.25) is 0 Å². The molecular weight excluding hydrogens is 202 g/mol. The summed E-state index contributed by atoms with van der Waals surface area (Å²) in [5.74, 6) is 2.13. The van der Waals surface area contributed by atoms with Crippen LogP contribution in [0.25, 0.3) is 0 Å². The summed E-state index contributed by atoms with van der Waals surface area (Å²) in [6.45, 7) is 8.12. The molecule has 0 bridgehead atoms. The van der Waals surface area contributed by atoms with Crippen LogP contribution in [0.1, 0.15) is 52.9 Å². The number of hydrogen-bond acceptors (Lipinski definition) is 2. The average molecular weight is 229 g/mol. The van der Waals surface area contributed by atoms with Gasteiger partial charge in [0.15, 0.2) is 0 Å². The molecule has 0 heterocycles. The first-order valence-electron chi connectivity index (χ1n) is 6.59. The van der Waals surface area contributed by atoms with Crippen molar-refractivity contribution in [3.63, 3.8) is 0 Å². The van der Waals surface area contributed by atoms with Crippen molar-refractivity contribution in [2.75, 3.05) is 12.3 Å². The van der Waals surface area contributed by atoms with Gasteiger partial charge in [-0.15, -0.1) is 0 Å². The van der Waals surface area contributed by atoms with Gasteiger partial charge in [0.25, 0.3) is 0 Å². The van der Waals surface area contributed by atoms with E-state index in [0.717, 1.165) is 17.2 Å². The monoisotopic (exact) mass is 229 g/mol. The molecular formula is C13H27NS. The van der Waals surface area contributed by atoms with Crippen LogP contribution in [0.15, 0.2) is 0 Å². The second-order valence-electron chi connectivity index (χ2n) is 5.02. The molecule has 0 aromatic heterocycles. The standard InChI is InChI=1S/C13H27NS/c1-4-15-13-9-5-8-12(13)14-10-6-7-11(2)3/h11-14H,4-10H2,1-3H3. The van der Waals surface area contributed by atoms with Crippen molar-refractivity contribution in [2.45, 2.75) is 64.2 Å². The zero-order chi connectivity index (χ0) is 11.1. The quantitative estimate of drug-likeness (QED) is 0.668. The average Bonchev–Trinajstić information content (AvgIpc) is 2.61. The van der Waals surface area contributed by atoms with Crippen LogP contribution < -0.4 is 5.32 Å². The smallest absolute Gasteiger partial charge is 0.0201 e. The van der Waals surface area contributed by atoms with Crippen molar-refractivity contribution in [3.05, 3.63) is 0 Å². The maximum atomic E-state index is 3.75. The maximum Gasteiger partial charge on any atom is 0.0201 e. The summed E-state index contributed by atoms with van der Waals surface area (Å²) >= 11 is 2.15. The molecule has 1 N–H and O–H groups in total. The predicted molar refractivity (Wildman–Crippen MR) is 71.6 cm³/mol. The van der Waals surface area contributed by atoms with Crippen molar-refractivity contribution >= 4 is 11.8 Å². The van der Waals surface area contributed by atoms with Gasteiger partial charge in [0.2, 0.25) is 0 Å². The van der Waals surface area contributed by atoms with Gasteiger partial charge in [-0.1, -0.05) is 27.2 Å². The van der Waals surface area contributed by atoms with E-state index >= 15 is 0 Å². The summed E-state index contributed by atoms with van der Waals surface area (Å²) in [6, 6.07) is 0.808. The molecule has 0 radical (unpaired) electrons. The highest BCUT2D eigenvalue weighted by Crippen LogP contribution is 2.29. The Morgan fingerprint density at radius 1 is 1.33 bits per heavy atom. The summed E-state index contributed by atoms with van der Waals surface area (Å²) < 4.78 is 0. The molecule has 1 aliphatic rings. The van der Waals surface area contributed by atoms with Gasteiger partial charge in [-0.3, -0.25) is 0 Å². The largest absolute Gasteiger partial charge is 0.313 e. The van der Waals surface area contributed by atoms with E-state index in [2.05, 4.69) is 37.8 Å². The molecule has 2 atom stereocenters. The van der Waals surface area contributed by atoms with Crippen LogP contribution in [-0.2, 0) is 0 Å². The molecule has 90 valence electrons. The molecule has 0 aromatic rings. The fourth-order valence-corrected chi connectivity index (χ4v) is 3.60. The van der Waals surface area contributed by atoms with E-state index in [1.54, 1.807) is 0 Å². The number of nitrogens with one attached hydrogen (secondary N) is 1. The molecule has 0 saturated heterocycles. The third kappa shape index (κ3) is 5.26. The maximum absolute atomic E-state index is 3.75. The summed E-state index contributed by atoms with van der Waals surface area (Å²) in [5, 5.41) is 4.65. The van der Waals surface area contributed by atoms with Crippen LogP contribution >= 0.6 is 11.8 Å². The molecule has 1 saturated carbocycles. The second-order valence-corrected chi connectivity index (χ2v) is 6.54. The molecule has 0 amide bonds. The van der Waals surface area contributed by atoms with Gasteiger partial charge in [-0.05, 0) is 43.9 Å². The van der Waals surface area contributed by atoms with Gasteiger partial charge in [0.05, 0.1) is 0 Å². The lowest BCUT2D eigenvalue weighted by Crippen LogP contribution is -2.34. The molecule has 1 fully saturated rings. The zero-order valence-electron chi connectivity index (χ0n) is 10.6. The van der Waals surface area contributed by atoms with Gasteiger partial charge in [0, 0.05) is 11.3 Å². The van der Waals surface area contributed by atoms with E-state index in [1.165, 1.54) is 44.4 Å². The zero-order valence-corrected chi connectivity index (χ0v) is 11.4. The SMILES string of the molecule is CCSC1CCCC1NCCCC(C)C. The molecule has 0 spiro atoms. The fraction of sp³-hybridized carbons (Fsp3) is 1.00. The van der Waals surface area contributed by atoms with Gasteiger partial charge < -0.3 is 5.32 Å². The van der Waals surface area contributed by atoms with E-state index in [1.807, 2.05) is 0 Å². The van der Waals surface area contributed by atoms with Crippen LogP contribution in [-0.4, -0.2) is 23.6 Å². The van der Waals surface area contributed by atoms with Crippen molar-refractivity contribution in [1.82, 2.24) is 5.32 Å². The Labute approximate surface area is 99.8 Å². The Morgan fingerprint density at radius 3 is 2.80 bits per heavy atom. The lowest BCUT2D eigenvalue weighted by molar-refractivity contribution is 0.481. The summed E-state index contributed by atoms with van der Waals surface area (Å²) in [5.41, 5.74) is 0. The van der Waals surface area contributed by atoms with E-state index in [4.69, 9.17) is 0 Å². The first-order valence-corrected chi connectivity index (χ1v) is 7.64. The van der Waals surface area contributed by atoms with Crippen molar-refractivity contribution in [3.8, 4) is 0 Å². The summed E-state index contributed by atoms with van der Waals surface area (Å²) in [7, 11) is 0. The van der Waals surface area contributed by atoms with Crippen molar-refractivity contribution in [2.24, 2.45) is 5.92 Å². The van der Waals surface area contributed by atoms with Crippen molar-refractivity contribution < 1.29 is 0 Å². The first-order chi connectivity index (χ1) is 7.24. The molecule has 2 heteroatoms. The Bertz CT molecular complexity index is 159. The van der Waals surface area contributed by atoms with E-state index in [-0.39, 0.29) is 0 Å². The molecule has 15 heavy (non-hydrogen) atoms. The van der Waals surface area contributed by atoms with Crippen molar-refractivity contribution in [1.29, 1.82) is 0 Å². The third-order valence-corrected chi connectivity index (χ3v) is 4.52. The normalized spacial score (nSPS) is 26.4. The molecule has 1 rings (SSSR count). The Kier molecular flexibility index (Phi) is 6.74. The topological polar surface area (TPSA) is 12.0 Å². The Balaban J connectivity index is 2.09. The lowest BCUT2D eigenvalue weighted by Gasteiger charge is -2.20. The first kappa shape index (κ1) is 13.4. The van der Waals surface area contributed by atoms with Crippen LogP contribution in [0.5, 0.6) is 0 Å². The van der Waals surface area contributed by atoms with Crippen LogP contribution in [0.4, 0.5) is 0 Å². The molecule has 0 aromatic carbocycles. The highest BCUT2D eigenvalue weighted by molar-refractivity contribution is 7.99. The van der Waals surface area contributed by atoms with Gasteiger partial charge >= 0.3 is 0 Å². The minimum Gasteiger partial charge on any atom is -0.313 e. The third-order valence-electron chi connectivity index (χ3n) is 3.20. The molecule has 2 unspecified atom stereocenters. The summed E-state index contributed by atoms with van der Waals surface area (Å²) in [6.07, 6.45) is 6.97. The fourth-order valence-electron chi connectivity index (χ4n) is 2.37. The highest BCUT2D eigenvalue weighted by Gasteiger charge is 2.26. The minimum absolute atomic E-state index is 0.808. The van der Waals surface area contributed by atoms with Crippen LogP contribution in [0, 0.1) is 5.92 Å². The van der Waals surface area contributed by atoms with E-state index in [9.17, 15) is 0 Å². The van der Waals surface area contributed by atoms with Gasteiger partial charge in [0.1, 0.15) is 0 Å². The van der Waals surface area contributed by atoms with Gasteiger partial charge in [-0.25, -0.2) is 0 Å². The lowest BCUT2D eigenvalue weighted by atomic mass is 10.1. The Hall–Kier alpha value is 0.310. The highest BCUT2D eigenvalue weighted by atomic mass is 32.2. The number of rotatable bonds is 7. The predicted octanol–water partition coefficient (Wildman–Crippen LogP) is 3.69. The number of hydrogen-bond donors (Lipinski definition) is 1. The second kappa shape index (κ2) is 7.56. The van der Waals surface area contributed by atoms with Gasteiger partial charge in [-0.2, -0.15) is 11.8 Å². The van der Waals surface area contributed by atoms with Crippen LogP contribution in [0.3, 0.4) is 0 Å². The molecule has 1 aliphatic carbocycles. The number of thioether (sulfide) groups is 1. The minimum atomic E-state index is 0.808.